The maximum absolute atomic E-state index is 11.8. The lowest BCUT2D eigenvalue weighted by atomic mass is 9.80. The average Bonchev–Trinajstić information content (AvgIpc) is 3.12. The summed E-state index contributed by atoms with van der Waals surface area (Å²) in [5.41, 5.74) is 0.876. The number of aliphatic hydroxyl groups is 1. The Morgan fingerprint density at radius 3 is 2.77 bits per heavy atom. The van der Waals surface area contributed by atoms with Crippen LogP contribution in [0.15, 0.2) is 30.3 Å². The van der Waals surface area contributed by atoms with Gasteiger partial charge in [0.2, 0.25) is 0 Å². The molecule has 0 aromatic heterocycles. The number of carbonyl (C=O) groups is 1. The van der Waals surface area contributed by atoms with E-state index in [0.717, 1.165) is 31.2 Å². The number of hydrogen-bond acceptors (Lipinski definition) is 5. The summed E-state index contributed by atoms with van der Waals surface area (Å²) in [5, 5.41) is 13.5. The molecule has 0 bridgehead atoms. The van der Waals surface area contributed by atoms with E-state index in [-0.39, 0.29) is 18.1 Å². The summed E-state index contributed by atoms with van der Waals surface area (Å²) >= 11 is 0. The number of hydrogen-bond donors (Lipinski definition) is 2. The Labute approximate surface area is 154 Å². The van der Waals surface area contributed by atoms with Crippen LogP contribution in [0.2, 0.25) is 0 Å². The zero-order valence-electron chi connectivity index (χ0n) is 15.4. The Morgan fingerprint density at radius 2 is 2.08 bits per heavy atom. The molecule has 26 heavy (non-hydrogen) atoms. The second-order valence-electron chi connectivity index (χ2n) is 7.34. The maximum atomic E-state index is 11.8. The lowest BCUT2D eigenvalue weighted by Crippen LogP contribution is -2.53. The molecule has 3 unspecified atom stereocenters. The van der Waals surface area contributed by atoms with Gasteiger partial charge in [-0.3, -0.25) is 0 Å². The van der Waals surface area contributed by atoms with Crippen LogP contribution >= 0.6 is 0 Å². The molecule has 2 N–H and O–H groups in total. The molecule has 2 aliphatic rings. The van der Waals surface area contributed by atoms with Gasteiger partial charge in [-0.1, -0.05) is 43.2 Å². The first-order valence-corrected chi connectivity index (χ1v) is 9.44. The number of alkyl carbamates (subject to hydrolysis) is 1. The molecule has 6 heteroatoms. The molecule has 1 aromatic carbocycles. The highest BCUT2D eigenvalue weighted by Crippen LogP contribution is 2.43. The molecular formula is C20H29NO5. The van der Waals surface area contributed by atoms with Gasteiger partial charge in [-0.25, -0.2) is 4.79 Å². The fourth-order valence-electron chi connectivity index (χ4n) is 4.22. The highest BCUT2D eigenvalue weighted by atomic mass is 16.6. The molecule has 1 aliphatic carbocycles. The zero-order valence-corrected chi connectivity index (χ0v) is 15.4. The van der Waals surface area contributed by atoms with Gasteiger partial charge in [0.15, 0.2) is 6.29 Å². The Bertz CT molecular complexity index is 573. The van der Waals surface area contributed by atoms with E-state index in [0.29, 0.717) is 6.61 Å². The average molecular weight is 363 g/mol. The molecule has 6 nitrogen and oxygen atoms in total. The molecule has 1 spiro atoms. The second kappa shape index (κ2) is 8.84. The fraction of sp³-hybridized carbons (Fsp3) is 0.650. The quantitative estimate of drug-likeness (QED) is 0.760. The summed E-state index contributed by atoms with van der Waals surface area (Å²) < 4.78 is 16.5. The van der Waals surface area contributed by atoms with E-state index in [4.69, 9.17) is 14.2 Å². The smallest absolute Gasteiger partial charge is 0.407 e. The summed E-state index contributed by atoms with van der Waals surface area (Å²) in [7, 11) is 1.33. The van der Waals surface area contributed by atoms with Crippen molar-refractivity contribution in [2.75, 3.05) is 13.7 Å². The van der Waals surface area contributed by atoms with Crippen molar-refractivity contribution >= 4 is 6.09 Å². The van der Waals surface area contributed by atoms with E-state index >= 15 is 0 Å². The highest BCUT2D eigenvalue weighted by molar-refractivity contribution is 5.67. The Hall–Kier alpha value is -1.63. The largest absolute Gasteiger partial charge is 0.453 e. The minimum atomic E-state index is -1.10. The number of nitrogens with one attached hydrogen (secondary N) is 1. The highest BCUT2D eigenvalue weighted by Gasteiger charge is 2.44. The van der Waals surface area contributed by atoms with Crippen molar-refractivity contribution in [1.29, 1.82) is 0 Å². The van der Waals surface area contributed by atoms with E-state index in [2.05, 4.69) is 5.32 Å². The summed E-state index contributed by atoms with van der Waals surface area (Å²) in [6, 6.07) is 9.15. The minimum Gasteiger partial charge on any atom is -0.453 e. The van der Waals surface area contributed by atoms with Crippen LogP contribution in [-0.2, 0) is 20.8 Å². The van der Waals surface area contributed by atoms with Crippen LogP contribution in [0.5, 0.6) is 0 Å². The van der Waals surface area contributed by atoms with Gasteiger partial charge in [0.25, 0.3) is 0 Å². The van der Waals surface area contributed by atoms with Gasteiger partial charge in [-0.15, -0.1) is 0 Å². The van der Waals surface area contributed by atoms with Crippen LogP contribution in [0.1, 0.15) is 44.1 Å². The lowest BCUT2D eigenvalue weighted by Gasteiger charge is -2.42. The molecule has 144 valence electrons. The van der Waals surface area contributed by atoms with E-state index in [1.165, 1.54) is 20.0 Å². The molecule has 1 amide bonds. The standard InChI is InChI=1S/C20H29NO5/c1-24-19(23)21-17(18(22)25-14-15-7-3-2-4-8-15)16-9-12-26-20(13-16)10-5-6-11-20/h2-4,7-8,16-18,22H,5-6,9-14H2,1H3,(H,21,23). The number of carbonyl (C=O) groups excluding carboxylic acids is 1. The Kier molecular flexibility index (Phi) is 6.51. The molecular weight excluding hydrogens is 334 g/mol. The van der Waals surface area contributed by atoms with Gasteiger partial charge >= 0.3 is 6.09 Å². The molecule has 1 heterocycles. The van der Waals surface area contributed by atoms with E-state index in [9.17, 15) is 9.90 Å². The van der Waals surface area contributed by atoms with Gasteiger partial charge < -0.3 is 24.6 Å². The van der Waals surface area contributed by atoms with Crippen molar-refractivity contribution in [2.45, 2.75) is 63.1 Å². The minimum absolute atomic E-state index is 0.0896. The van der Waals surface area contributed by atoms with Crippen molar-refractivity contribution in [3.63, 3.8) is 0 Å². The van der Waals surface area contributed by atoms with Crippen molar-refractivity contribution in [3.8, 4) is 0 Å². The molecule has 1 aromatic rings. The number of methoxy groups -OCH3 is 1. The van der Waals surface area contributed by atoms with Crippen molar-refractivity contribution in [1.82, 2.24) is 5.32 Å². The van der Waals surface area contributed by atoms with Crippen molar-refractivity contribution in [2.24, 2.45) is 5.92 Å². The normalized spacial score (nSPS) is 24.2. The van der Waals surface area contributed by atoms with Crippen LogP contribution in [0.4, 0.5) is 4.79 Å². The van der Waals surface area contributed by atoms with Gasteiger partial charge in [0, 0.05) is 6.61 Å². The molecule has 0 radical (unpaired) electrons. The first-order valence-electron chi connectivity index (χ1n) is 9.44. The van der Waals surface area contributed by atoms with Crippen molar-refractivity contribution < 1.29 is 24.1 Å². The first-order chi connectivity index (χ1) is 12.6. The van der Waals surface area contributed by atoms with Gasteiger partial charge in [0.05, 0.1) is 25.4 Å². The van der Waals surface area contributed by atoms with Crippen LogP contribution in [0.3, 0.4) is 0 Å². The summed E-state index contributed by atoms with van der Waals surface area (Å²) in [6.45, 7) is 0.936. The number of ether oxygens (including phenoxy) is 3. The summed E-state index contributed by atoms with van der Waals surface area (Å²) in [6.07, 6.45) is 4.41. The molecule has 3 rings (SSSR count). The third-order valence-corrected chi connectivity index (χ3v) is 5.59. The third kappa shape index (κ3) is 4.75. The topological polar surface area (TPSA) is 77.0 Å². The van der Waals surface area contributed by atoms with Crippen molar-refractivity contribution in [3.05, 3.63) is 35.9 Å². The predicted molar refractivity (Wildman–Crippen MR) is 96.4 cm³/mol. The van der Waals surface area contributed by atoms with Crippen LogP contribution in [-0.4, -0.2) is 42.8 Å². The second-order valence-corrected chi connectivity index (χ2v) is 7.34. The zero-order chi connectivity index (χ0) is 18.4. The molecule has 1 saturated heterocycles. The molecule has 1 saturated carbocycles. The van der Waals surface area contributed by atoms with Gasteiger partial charge in [0.1, 0.15) is 0 Å². The van der Waals surface area contributed by atoms with Crippen LogP contribution < -0.4 is 5.32 Å². The number of aliphatic hydroxyl groups excluding tert-OH is 1. The number of rotatable bonds is 6. The maximum Gasteiger partial charge on any atom is 0.407 e. The van der Waals surface area contributed by atoms with Gasteiger partial charge in [-0.05, 0) is 37.2 Å². The van der Waals surface area contributed by atoms with E-state index in [1.807, 2.05) is 30.3 Å². The predicted octanol–water partition coefficient (Wildman–Crippen LogP) is 2.99. The monoisotopic (exact) mass is 363 g/mol. The van der Waals surface area contributed by atoms with E-state index in [1.54, 1.807) is 0 Å². The van der Waals surface area contributed by atoms with Crippen LogP contribution in [0, 0.1) is 5.92 Å². The molecule has 1 aliphatic heterocycles. The Morgan fingerprint density at radius 1 is 1.35 bits per heavy atom. The SMILES string of the molecule is COC(=O)NC(C1CCOC2(CCCC2)C1)C(O)OCc1ccccc1. The van der Waals surface area contributed by atoms with E-state index < -0.39 is 18.4 Å². The molecule has 2 fully saturated rings. The Balaban J connectivity index is 1.66. The summed E-state index contributed by atoms with van der Waals surface area (Å²) in [4.78, 5) is 11.8. The number of amides is 1. The first kappa shape index (κ1) is 19.1. The fourth-order valence-corrected chi connectivity index (χ4v) is 4.22. The lowest BCUT2D eigenvalue weighted by molar-refractivity contribution is -0.159. The summed E-state index contributed by atoms with van der Waals surface area (Å²) in [5.74, 6) is 0.0896. The van der Waals surface area contributed by atoms with Gasteiger partial charge in [-0.2, -0.15) is 0 Å². The molecule has 3 atom stereocenters. The number of benzene rings is 1. The van der Waals surface area contributed by atoms with Crippen LogP contribution in [0.25, 0.3) is 0 Å². The third-order valence-electron chi connectivity index (χ3n) is 5.59.